The molecule has 0 radical (unpaired) electrons. The van der Waals surface area contributed by atoms with Gasteiger partial charge in [0.2, 0.25) is 0 Å². The molecule has 0 aliphatic rings. The minimum absolute atomic E-state index is 0.385. The number of nitrogens with one attached hydrogen (secondary N) is 1. The first kappa shape index (κ1) is 6.71. The van der Waals surface area contributed by atoms with Crippen LogP contribution in [0.1, 0.15) is 18.7 Å². The summed E-state index contributed by atoms with van der Waals surface area (Å²) in [5, 5.41) is 5.10. The van der Waals surface area contributed by atoms with E-state index in [1.54, 1.807) is 0 Å². The maximum Gasteiger partial charge on any atom is 0.0708 e. The van der Waals surface area contributed by atoms with Crippen LogP contribution in [-0.2, 0) is 0 Å². The van der Waals surface area contributed by atoms with E-state index in [4.69, 9.17) is 0 Å². The van der Waals surface area contributed by atoms with Crippen LogP contribution in [0.25, 0.3) is 0 Å². The van der Waals surface area contributed by atoms with E-state index >= 15 is 0 Å². The van der Waals surface area contributed by atoms with Gasteiger partial charge in [-0.2, -0.15) is 4.37 Å². The molecule has 1 heterocycles. The highest BCUT2D eigenvalue weighted by molar-refractivity contribution is 7.03. The molecule has 2 nitrogen and oxygen atoms in total. The first-order valence-corrected chi connectivity index (χ1v) is 3.76. The maximum atomic E-state index is 4.17. The van der Waals surface area contributed by atoms with Gasteiger partial charge in [0.25, 0.3) is 0 Å². The fourth-order valence-corrected chi connectivity index (χ4v) is 1.19. The van der Waals surface area contributed by atoms with E-state index < -0.39 is 0 Å². The van der Waals surface area contributed by atoms with Crippen molar-refractivity contribution in [2.45, 2.75) is 13.0 Å². The van der Waals surface area contributed by atoms with Gasteiger partial charge >= 0.3 is 0 Å². The van der Waals surface area contributed by atoms with E-state index in [0.717, 1.165) is 5.69 Å². The second-order valence-corrected chi connectivity index (χ2v) is 2.60. The van der Waals surface area contributed by atoms with Crippen LogP contribution in [-0.4, -0.2) is 11.4 Å². The zero-order valence-corrected chi connectivity index (χ0v) is 6.40. The van der Waals surface area contributed by atoms with Crippen LogP contribution >= 0.6 is 11.5 Å². The van der Waals surface area contributed by atoms with E-state index in [0.29, 0.717) is 6.04 Å². The zero-order chi connectivity index (χ0) is 6.69. The van der Waals surface area contributed by atoms with Crippen molar-refractivity contribution in [2.24, 2.45) is 0 Å². The number of aromatic nitrogens is 1. The Bertz CT molecular complexity index is 160. The quantitative estimate of drug-likeness (QED) is 0.675. The van der Waals surface area contributed by atoms with Gasteiger partial charge in [-0.25, -0.2) is 0 Å². The van der Waals surface area contributed by atoms with Crippen LogP contribution in [0.15, 0.2) is 11.4 Å². The van der Waals surface area contributed by atoms with Crippen molar-refractivity contribution in [2.75, 3.05) is 7.05 Å². The van der Waals surface area contributed by atoms with Crippen molar-refractivity contribution in [3.63, 3.8) is 0 Å². The molecule has 0 bridgehead atoms. The van der Waals surface area contributed by atoms with Gasteiger partial charge < -0.3 is 5.32 Å². The standard InChI is InChI=1S/C6H10N2S/c1-5(7-2)6-3-4-9-8-6/h3-5,7H,1-2H3. The average molecular weight is 142 g/mol. The Labute approximate surface area is 59.1 Å². The number of rotatable bonds is 2. The smallest absolute Gasteiger partial charge is 0.0708 e. The first-order chi connectivity index (χ1) is 4.34. The molecule has 0 aliphatic carbocycles. The highest BCUT2D eigenvalue weighted by atomic mass is 32.1. The third kappa shape index (κ3) is 1.50. The van der Waals surface area contributed by atoms with Crippen LogP contribution < -0.4 is 5.32 Å². The highest BCUT2D eigenvalue weighted by Gasteiger charge is 2.01. The lowest BCUT2D eigenvalue weighted by Crippen LogP contribution is -2.12. The number of nitrogens with zero attached hydrogens (tertiary/aromatic N) is 1. The second-order valence-electron chi connectivity index (χ2n) is 1.93. The Balaban J connectivity index is 2.65. The predicted molar refractivity (Wildman–Crippen MR) is 39.6 cm³/mol. The van der Waals surface area contributed by atoms with E-state index in [1.807, 2.05) is 18.5 Å². The van der Waals surface area contributed by atoms with Gasteiger partial charge in [0.1, 0.15) is 0 Å². The topological polar surface area (TPSA) is 24.9 Å². The Morgan fingerprint density at radius 2 is 2.56 bits per heavy atom. The molecule has 50 valence electrons. The molecule has 9 heavy (non-hydrogen) atoms. The molecular formula is C6H10N2S. The fourth-order valence-electron chi connectivity index (χ4n) is 0.593. The van der Waals surface area contributed by atoms with Crippen molar-refractivity contribution in [3.8, 4) is 0 Å². The molecule has 1 unspecified atom stereocenters. The SMILES string of the molecule is CNC(C)c1ccsn1. The lowest BCUT2D eigenvalue weighted by Gasteiger charge is -2.03. The summed E-state index contributed by atoms with van der Waals surface area (Å²) in [5.74, 6) is 0. The largest absolute Gasteiger partial charge is 0.312 e. The molecule has 1 aromatic rings. The average Bonchev–Trinajstić information content (AvgIpc) is 2.37. The Morgan fingerprint density at radius 1 is 1.78 bits per heavy atom. The Kier molecular flexibility index (Phi) is 2.19. The molecule has 0 fully saturated rings. The monoisotopic (exact) mass is 142 g/mol. The summed E-state index contributed by atoms with van der Waals surface area (Å²) in [6.07, 6.45) is 0. The van der Waals surface area contributed by atoms with Gasteiger partial charge in [-0.3, -0.25) is 0 Å². The molecule has 1 aromatic heterocycles. The van der Waals surface area contributed by atoms with Crippen molar-refractivity contribution in [1.29, 1.82) is 0 Å². The van der Waals surface area contributed by atoms with Crippen LogP contribution in [0.5, 0.6) is 0 Å². The third-order valence-electron chi connectivity index (χ3n) is 1.33. The van der Waals surface area contributed by atoms with Gasteiger partial charge in [0.05, 0.1) is 5.69 Å². The first-order valence-electron chi connectivity index (χ1n) is 2.92. The van der Waals surface area contributed by atoms with Crippen molar-refractivity contribution >= 4 is 11.5 Å². The number of hydrogen-bond acceptors (Lipinski definition) is 3. The predicted octanol–water partition coefficient (Wildman–Crippen LogP) is 1.42. The van der Waals surface area contributed by atoms with Gasteiger partial charge in [0.15, 0.2) is 0 Å². The van der Waals surface area contributed by atoms with Gasteiger partial charge in [-0.05, 0) is 31.6 Å². The molecule has 1 rings (SSSR count). The normalized spacial score (nSPS) is 13.6. The summed E-state index contributed by atoms with van der Waals surface area (Å²) in [7, 11) is 1.93. The molecule has 0 aromatic carbocycles. The van der Waals surface area contributed by atoms with E-state index in [1.165, 1.54) is 11.5 Å². The molecule has 0 spiro atoms. The van der Waals surface area contributed by atoms with Crippen LogP contribution in [0.4, 0.5) is 0 Å². The van der Waals surface area contributed by atoms with Gasteiger partial charge in [-0.15, -0.1) is 0 Å². The van der Waals surface area contributed by atoms with E-state index in [9.17, 15) is 0 Å². The van der Waals surface area contributed by atoms with Gasteiger partial charge in [-0.1, -0.05) is 0 Å². The Hall–Kier alpha value is -0.410. The summed E-state index contributed by atoms with van der Waals surface area (Å²) in [5.41, 5.74) is 1.13. The minimum Gasteiger partial charge on any atom is -0.312 e. The zero-order valence-electron chi connectivity index (χ0n) is 5.59. The maximum absolute atomic E-state index is 4.17. The van der Waals surface area contributed by atoms with E-state index in [-0.39, 0.29) is 0 Å². The summed E-state index contributed by atoms with van der Waals surface area (Å²) >= 11 is 1.49. The van der Waals surface area contributed by atoms with Crippen molar-refractivity contribution < 1.29 is 0 Å². The third-order valence-corrected chi connectivity index (χ3v) is 1.91. The molecule has 0 saturated carbocycles. The van der Waals surface area contributed by atoms with Gasteiger partial charge in [0, 0.05) is 11.4 Å². The molecule has 0 amide bonds. The summed E-state index contributed by atoms with van der Waals surface area (Å²) < 4.78 is 4.17. The highest BCUT2D eigenvalue weighted by Crippen LogP contribution is 2.09. The molecule has 1 N–H and O–H groups in total. The molecule has 0 saturated heterocycles. The fraction of sp³-hybridized carbons (Fsp3) is 0.500. The second kappa shape index (κ2) is 2.94. The van der Waals surface area contributed by atoms with Crippen molar-refractivity contribution in [1.82, 2.24) is 9.69 Å². The molecule has 1 atom stereocenters. The minimum atomic E-state index is 0.385. The molecule has 3 heteroatoms. The van der Waals surface area contributed by atoms with Crippen LogP contribution in [0, 0.1) is 0 Å². The summed E-state index contributed by atoms with van der Waals surface area (Å²) in [4.78, 5) is 0. The lowest BCUT2D eigenvalue weighted by atomic mass is 10.2. The number of hydrogen-bond donors (Lipinski definition) is 1. The van der Waals surface area contributed by atoms with Crippen molar-refractivity contribution in [3.05, 3.63) is 17.1 Å². The summed E-state index contributed by atoms with van der Waals surface area (Å²) in [6.45, 7) is 2.09. The lowest BCUT2D eigenvalue weighted by molar-refractivity contribution is 0.640. The summed E-state index contributed by atoms with van der Waals surface area (Å²) in [6, 6.07) is 2.42. The van der Waals surface area contributed by atoms with E-state index in [2.05, 4.69) is 16.6 Å². The Morgan fingerprint density at radius 3 is 3.00 bits per heavy atom. The van der Waals surface area contributed by atoms with Crippen LogP contribution in [0.3, 0.4) is 0 Å². The molecular weight excluding hydrogens is 132 g/mol. The van der Waals surface area contributed by atoms with Crippen LogP contribution in [0.2, 0.25) is 0 Å². The molecule has 0 aliphatic heterocycles.